The zero-order valence-corrected chi connectivity index (χ0v) is 10.2. The lowest BCUT2D eigenvalue weighted by molar-refractivity contribution is -0.146. The number of methoxy groups -OCH3 is 1. The normalized spacial score (nSPS) is 16.7. The molecule has 0 aromatic heterocycles. The van der Waals surface area contributed by atoms with Crippen LogP contribution in [0.4, 0.5) is 0 Å². The van der Waals surface area contributed by atoms with Gasteiger partial charge in [-0.3, -0.25) is 9.59 Å². The van der Waals surface area contributed by atoms with Crippen LogP contribution in [0.25, 0.3) is 0 Å². The summed E-state index contributed by atoms with van der Waals surface area (Å²) in [5.41, 5.74) is 0. The highest BCUT2D eigenvalue weighted by Gasteiger charge is 2.23. The van der Waals surface area contributed by atoms with Gasteiger partial charge in [-0.2, -0.15) is 0 Å². The van der Waals surface area contributed by atoms with E-state index >= 15 is 0 Å². The summed E-state index contributed by atoms with van der Waals surface area (Å²) in [7, 11) is 3.06. The van der Waals surface area contributed by atoms with Crippen molar-refractivity contribution < 1.29 is 14.3 Å². The number of amides is 1. The Morgan fingerprint density at radius 2 is 2.12 bits per heavy atom. The highest BCUT2D eigenvalue weighted by atomic mass is 16.5. The lowest BCUT2D eigenvalue weighted by atomic mass is 10.2. The maximum Gasteiger partial charge on any atom is 0.310 e. The van der Waals surface area contributed by atoms with Crippen molar-refractivity contribution >= 4 is 11.9 Å². The van der Waals surface area contributed by atoms with Gasteiger partial charge in [-0.15, -0.1) is 0 Å². The number of esters is 1. The number of rotatable bonds is 6. The highest BCUT2D eigenvalue weighted by Crippen LogP contribution is 2.18. The molecule has 0 radical (unpaired) electrons. The molecule has 1 fully saturated rings. The predicted octanol–water partition coefficient (Wildman–Crippen LogP) is 0.00590. The van der Waals surface area contributed by atoms with E-state index in [0.29, 0.717) is 19.1 Å². The average molecular weight is 228 g/mol. The van der Waals surface area contributed by atoms with Crippen LogP contribution in [0.15, 0.2) is 0 Å². The molecular weight excluding hydrogens is 208 g/mol. The first-order valence-electron chi connectivity index (χ1n) is 5.59. The van der Waals surface area contributed by atoms with Gasteiger partial charge in [0, 0.05) is 19.6 Å². The van der Waals surface area contributed by atoms with E-state index in [1.165, 1.54) is 7.11 Å². The molecule has 1 aliphatic rings. The molecule has 1 aliphatic carbocycles. The van der Waals surface area contributed by atoms with Crippen molar-refractivity contribution in [1.82, 2.24) is 10.2 Å². The maximum absolute atomic E-state index is 11.6. The topological polar surface area (TPSA) is 58.6 Å². The van der Waals surface area contributed by atoms with Crippen molar-refractivity contribution in [1.29, 1.82) is 0 Å². The minimum absolute atomic E-state index is 0.0163. The van der Waals surface area contributed by atoms with Crippen molar-refractivity contribution in [2.75, 3.05) is 27.2 Å². The molecule has 16 heavy (non-hydrogen) atoms. The van der Waals surface area contributed by atoms with Gasteiger partial charge in [-0.05, 0) is 12.8 Å². The van der Waals surface area contributed by atoms with Crippen LogP contribution in [0.1, 0.15) is 19.8 Å². The number of hydrogen-bond donors (Lipinski definition) is 1. The summed E-state index contributed by atoms with van der Waals surface area (Å²) < 4.78 is 4.61. The number of likely N-dealkylation sites (N-methyl/N-ethyl adjacent to an activating group) is 1. The molecule has 0 spiro atoms. The summed E-state index contributed by atoms with van der Waals surface area (Å²) >= 11 is 0. The van der Waals surface area contributed by atoms with Crippen molar-refractivity contribution in [2.45, 2.75) is 25.8 Å². The van der Waals surface area contributed by atoms with Crippen LogP contribution in [0.5, 0.6) is 0 Å². The largest absolute Gasteiger partial charge is 0.469 e. The Balaban J connectivity index is 2.23. The van der Waals surface area contributed by atoms with Gasteiger partial charge in [0.25, 0.3) is 0 Å². The third-order valence-electron chi connectivity index (χ3n) is 2.70. The van der Waals surface area contributed by atoms with Crippen molar-refractivity contribution in [3.05, 3.63) is 0 Å². The predicted molar refractivity (Wildman–Crippen MR) is 59.8 cm³/mol. The quantitative estimate of drug-likeness (QED) is 0.650. The number of carbonyl (C=O) groups is 2. The Morgan fingerprint density at radius 1 is 1.50 bits per heavy atom. The van der Waals surface area contributed by atoms with Gasteiger partial charge in [0.1, 0.15) is 0 Å². The molecule has 1 N–H and O–H groups in total. The van der Waals surface area contributed by atoms with Crippen LogP contribution in [-0.2, 0) is 14.3 Å². The van der Waals surface area contributed by atoms with Crippen LogP contribution in [0, 0.1) is 5.92 Å². The van der Waals surface area contributed by atoms with E-state index in [-0.39, 0.29) is 17.8 Å². The lowest BCUT2D eigenvalue weighted by Crippen LogP contribution is -2.39. The summed E-state index contributed by atoms with van der Waals surface area (Å²) in [6, 6.07) is 0.524. The Morgan fingerprint density at radius 3 is 2.62 bits per heavy atom. The number of carbonyl (C=O) groups excluding carboxylic acids is 2. The standard InChI is InChI=1S/C11H20N2O3/c1-8(11(15)16-3)7-13(2)10(14)6-12-9-4-5-9/h8-9,12H,4-7H2,1-3H3. The summed E-state index contributed by atoms with van der Waals surface area (Å²) in [4.78, 5) is 24.4. The average Bonchev–Trinajstić information content (AvgIpc) is 3.08. The first-order chi connectivity index (χ1) is 7.54. The molecule has 1 saturated carbocycles. The molecule has 5 nitrogen and oxygen atoms in total. The number of hydrogen-bond acceptors (Lipinski definition) is 4. The van der Waals surface area contributed by atoms with E-state index in [9.17, 15) is 9.59 Å². The number of nitrogens with zero attached hydrogens (tertiary/aromatic N) is 1. The van der Waals surface area contributed by atoms with E-state index in [0.717, 1.165) is 12.8 Å². The van der Waals surface area contributed by atoms with E-state index in [1.54, 1.807) is 18.9 Å². The Bertz CT molecular complexity index is 264. The lowest BCUT2D eigenvalue weighted by Gasteiger charge is -2.20. The summed E-state index contributed by atoms with van der Waals surface area (Å²) in [6.07, 6.45) is 2.32. The smallest absolute Gasteiger partial charge is 0.310 e. The molecule has 0 aromatic carbocycles. The van der Waals surface area contributed by atoms with Crippen LogP contribution in [0.2, 0.25) is 0 Å². The first-order valence-corrected chi connectivity index (χ1v) is 5.59. The zero-order valence-electron chi connectivity index (χ0n) is 10.2. The molecule has 1 unspecified atom stereocenters. The highest BCUT2D eigenvalue weighted by molar-refractivity contribution is 5.79. The van der Waals surface area contributed by atoms with E-state index in [4.69, 9.17) is 0 Å². The van der Waals surface area contributed by atoms with E-state index < -0.39 is 0 Å². The fourth-order valence-corrected chi connectivity index (χ4v) is 1.44. The van der Waals surface area contributed by atoms with E-state index in [1.807, 2.05) is 0 Å². The summed E-state index contributed by atoms with van der Waals surface area (Å²) in [5, 5.41) is 3.15. The van der Waals surface area contributed by atoms with Crippen LogP contribution >= 0.6 is 0 Å². The molecule has 0 saturated heterocycles. The second kappa shape index (κ2) is 5.84. The Hall–Kier alpha value is -1.10. The number of nitrogens with one attached hydrogen (secondary N) is 1. The molecule has 5 heteroatoms. The first kappa shape index (κ1) is 13.0. The molecule has 1 atom stereocenters. The third kappa shape index (κ3) is 4.18. The summed E-state index contributed by atoms with van der Waals surface area (Å²) in [5.74, 6) is -0.544. The SMILES string of the molecule is COC(=O)C(C)CN(C)C(=O)CNC1CC1. The zero-order chi connectivity index (χ0) is 12.1. The molecule has 1 rings (SSSR count). The van der Waals surface area contributed by atoms with Crippen molar-refractivity contribution in [3.8, 4) is 0 Å². The van der Waals surface area contributed by atoms with Crippen LogP contribution < -0.4 is 5.32 Å². The molecule has 0 heterocycles. The Kier molecular flexibility index (Phi) is 4.73. The molecule has 92 valence electrons. The molecule has 1 amide bonds. The van der Waals surface area contributed by atoms with Crippen LogP contribution in [0.3, 0.4) is 0 Å². The van der Waals surface area contributed by atoms with Gasteiger partial charge in [-0.25, -0.2) is 0 Å². The van der Waals surface area contributed by atoms with Gasteiger partial charge in [-0.1, -0.05) is 6.92 Å². The monoisotopic (exact) mass is 228 g/mol. The van der Waals surface area contributed by atoms with Gasteiger partial charge in [0.15, 0.2) is 0 Å². The Labute approximate surface area is 96.1 Å². The van der Waals surface area contributed by atoms with Gasteiger partial charge >= 0.3 is 5.97 Å². The second-order valence-electron chi connectivity index (χ2n) is 4.35. The maximum atomic E-state index is 11.6. The van der Waals surface area contributed by atoms with Gasteiger partial charge < -0.3 is 15.0 Å². The minimum Gasteiger partial charge on any atom is -0.469 e. The van der Waals surface area contributed by atoms with Crippen molar-refractivity contribution in [2.24, 2.45) is 5.92 Å². The van der Waals surface area contributed by atoms with E-state index in [2.05, 4.69) is 10.1 Å². The molecular formula is C11H20N2O3. The van der Waals surface area contributed by atoms with Crippen LogP contribution in [-0.4, -0.2) is 50.1 Å². The van der Waals surface area contributed by atoms with Gasteiger partial charge in [0.2, 0.25) is 5.91 Å². The van der Waals surface area contributed by atoms with Crippen molar-refractivity contribution in [3.63, 3.8) is 0 Å². The fraction of sp³-hybridized carbons (Fsp3) is 0.818. The molecule has 0 aliphatic heterocycles. The number of ether oxygens (including phenoxy) is 1. The third-order valence-corrected chi connectivity index (χ3v) is 2.70. The molecule has 0 aromatic rings. The minimum atomic E-state index is -0.283. The summed E-state index contributed by atoms with van der Waals surface area (Å²) in [6.45, 7) is 2.51. The van der Waals surface area contributed by atoms with Gasteiger partial charge in [0.05, 0.1) is 19.6 Å². The molecule has 0 bridgehead atoms. The fourth-order valence-electron chi connectivity index (χ4n) is 1.44. The second-order valence-corrected chi connectivity index (χ2v) is 4.35.